The van der Waals surface area contributed by atoms with Crippen LogP contribution >= 0.6 is 0 Å². The van der Waals surface area contributed by atoms with Crippen LogP contribution in [-0.2, 0) is 17.6 Å². The fourth-order valence-electron chi connectivity index (χ4n) is 3.24. The predicted molar refractivity (Wildman–Crippen MR) is 86.7 cm³/mol. The third-order valence-corrected chi connectivity index (χ3v) is 4.32. The maximum Gasteiger partial charge on any atom is 0.231 e. The minimum absolute atomic E-state index is 0.194. The van der Waals surface area contributed by atoms with Crippen molar-refractivity contribution >= 4 is 11.6 Å². The Bertz CT molecular complexity index is 690. The van der Waals surface area contributed by atoms with Gasteiger partial charge in [0, 0.05) is 11.7 Å². The molecular formula is C19H21NO. The molecule has 0 N–H and O–H groups in total. The van der Waals surface area contributed by atoms with Crippen molar-refractivity contribution in [1.82, 2.24) is 0 Å². The van der Waals surface area contributed by atoms with E-state index in [1.54, 1.807) is 0 Å². The number of nitrogens with zero attached hydrogens (tertiary/aromatic N) is 1. The van der Waals surface area contributed by atoms with E-state index in [2.05, 4.69) is 51.1 Å². The molecule has 2 aromatic carbocycles. The molecule has 1 amide bonds. The van der Waals surface area contributed by atoms with Crippen LogP contribution in [0.2, 0.25) is 0 Å². The first kappa shape index (κ1) is 13.9. The van der Waals surface area contributed by atoms with E-state index in [9.17, 15) is 4.79 Å². The number of rotatable bonds is 2. The van der Waals surface area contributed by atoms with E-state index in [1.807, 2.05) is 17.0 Å². The summed E-state index contributed by atoms with van der Waals surface area (Å²) in [4.78, 5) is 14.7. The Morgan fingerprint density at radius 2 is 1.95 bits per heavy atom. The third-order valence-electron chi connectivity index (χ3n) is 4.32. The van der Waals surface area contributed by atoms with Gasteiger partial charge < -0.3 is 4.90 Å². The second-order valence-corrected chi connectivity index (χ2v) is 6.05. The lowest BCUT2D eigenvalue weighted by Gasteiger charge is -2.23. The van der Waals surface area contributed by atoms with Gasteiger partial charge in [-0.1, -0.05) is 42.0 Å². The van der Waals surface area contributed by atoms with Crippen LogP contribution in [0.4, 0.5) is 5.69 Å². The van der Waals surface area contributed by atoms with E-state index < -0.39 is 0 Å². The lowest BCUT2D eigenvalue weighted by molar-refractivity contribution is -0.118. The van der Waals surface area contributed by atoms with Crippen molar-refractivity contribution in [1.29, 1.82) is 0 Å². The highest BCUT2D eigenvalue weighted by molar-refractivity contribution is 5.97. The second-order valence-electron chi connectivity index (χ2n) is 6.05. The predicted octanol–water partition coefficient (Wildman–Crippen LogP) is 3.82. The SMILES string of the molecule is Cc1ccc(CC(=O)N2c3ccccc3C[C@H]2C)c(C)c1. The van der Waals surface area contributed by atoms with E-state index in [0.717, 1.165) is 17.7 Å². The van der Waals surface area contributed by atoms with Crippen molar-refractivity contribution in [2.75, 3.05) is 4.90 Å². The van der Waals surface area contributed by atoms with Crippen LogP contribution in [0.15, 0.2) is 42.5 Å². The monoisotopic (exact) mass is 279 g/mol. The second kappa shape index (κ2) is 5.36. The lowest BCUT2D eigenvalue weighted by Crippen LogP contribution is -2.36. The topological polar surface area (TPSA) is 20.3 Å². The molecule has 0 bridgehead atoms. The summed E-state index contributed by atoms with van der Waals surface area (Å²) >= 11 is 0. The number of para-hydroxylation sites is 1. The van der Waals surface area contributed by atoms with Crippen LogP contribution in [0, 0.1) is 13.8 Å². The molecule has 1 aliphatic rings. The van der Waals surface area contributed by atoms with Crippen LogP contribution in [-0.4, -0.2) is 11.9 Å². The molecule has 0 radical (unpaired) electrons. The summed E-state index contributed by atoms with van der Waals surface area (Å²) in [7, 11) is 0. The summed E-state index contributed by atoms with van der Waals surface area (Å²) < 4.78 is 0. The zero-order chi connectivity index (χ0) is 15.0. The molecule has 0 aromatic heterocycles. The Balaban J connectivity index is 1.86. The van der Waals surface area contributed by atoms with Crippen molar-refractivity contribution < 1.29 is 4.79 Å². The smallest absolute Gasteiger partial charge is 0.231 e. The van der Waals surface area contributed by atoms with Crippen LogP contribution < -0.4 is 4.90 Å². The highest BCUT2D eigenvalue weighted by atomic mass is 16.2. The van der Waals surface area contributed by atoms with Crippen molar-refractivity contribution in [3.63, 3.8) is 0 Å². The first-order valence-electron chi connectivity index (χ1n) is 7.52. The molecule has 2 aromatic rings. The summed E-state index contributed by atoms with van der Waals surface area (Å²) in [6, 6.07) is 14.8. The highest BCUT2D eigenvalue weighted by Crippen LogP contribution is 2.32. The molecule has 1 atom stereocenters. The molecule has 21 heavy (non-hydrogen) atoms. The van der Waals surface area contributed by atoms with Gasteiger partial charge in [-0.3, -0.25) is 4.79 Å². The summed E-state index contributed by atoms with van der Waals surface area (Å²) in [5.74, 6) is 0.194. The minimum Gasteiger partial charge on any atom is -0.309 e. The van der Waals surface area contributed by atoms with Crippen molar-refractivity contribution in [2.45, 2.75) is 39.7 Å². The van der Waals surface area contributed by atoms with Gasteiger partial charge in [0.2, 0.25) is 5.91 Å². The van der Waals surface area contributed by atoms with E-state index in [1.165, 1.54) is 16.7 Å². The number of benzene rings is 2. The molecule has 3 rings (SSSR count). The normalized spacial score (nSPS) is 16.9. The summed E-state index contributed by atoms with van der Waals surface area (Å²) in [5.41, 5.74) is 5.92. The quantitative estimate of drug-likeness (QED) is 0.818. The van der Waals surface area contributed by atoms with Gasteiger partial charge in [0.25, 0.3) is 0 Å². The maximum absolute atomic E-state index is 12.8. The molecule has 1 aliphatic heterocycles. The Kier molecular flexibility index (Phi) is 3.54. The molecule has 2 heteroatoms. The molecular weight excluding hydrogens is 258 g/mol. The summed E-state index contributed by atoms with van der Waals surface area (Å²) in [6.45, 7) is 6.29. The molecule has 0 saturated carbocycles. The standard InChI is InChI=1S/C19H21NO/c1-13-8-9-16(14(2)10-13)12-19(21)20-15(3)11-17-6-4-5-7-18(17)20/h4-10,15H,11-12H2,1-3H3/t15-/m1/s1. The van der Waals surface area contributed by atoms with Crippen LogP contribution in [0.5, 0.6) is 0 Å². The average Bonchev–Trinajstić information content (AvgIpc) is 2.77. The number of hydrogen-bond donors (Lipinski definition) is 0. The number of aryl methyl sites for hydroxylation is 2. The molecule has 0 aliphatic carbocycles. The number of carbonyl (C=O) groups excluding carboxylic acids is 1. The van der Waals surface area contributed by atoms with Gasteiger partial charge in [-0.25, -0.2) is 0 Å². The van der Waals surface area contributed by atoms with E-state index >= 15 is 0 Å². The van der Waals surface area contributed by atoms with Gasteiger partial charge in [-0.05, 0) is 49.9 Å². The van der Waals surface area contributed by atoms with Crippen molar-refractivity contribution in [2.24, 2.45) is 0 Å². The van der Waals surface area contributed by atoms with Crippen LogP contribution in [0.3, 0.4) is 0 Å². The molecule has 0 fully saturated rings. The Hall–Kier alpha value is -2.09. The largest absolute Gasteiger partial charge is 0.309 e. The average molecular weight is 279 g/mol. The van der Waals surface area contributed by atoms with Crippen LogP contribution in [0.1, 0.15) is 29.2 Å². The van der Waals surface area contributed by atoms with Gasteiger partial charge in [0.1, 0.15) is 0 Å². The zero-order valence-corrected chi connectivity index (χ0v) is 12.9. The Morgan fingerprint density at radius 1 is 1.19 bits per heavy atom. The van der Waals surface area contributed by atoms with Crippen molar-refractivity contribution in [3.8, 4) is 0 Å². The van der Waals surface area contributed by atoms with Gasteiger partial charge >= 0.3 is 0 Å². The third kappa shape index (κ3) is 2.58. The van der Waals surface area contributed by atoms with Crippen molar-refractivity contribution in [3.05, 3.63) is 64.7 Å². The number of hydrogen-bond acceptors (Lipinski definition) is 1. The van der Waals surface area contributed by atoms with E-state index in [4.69, 9.17) is 0 Å². The molecule has 108 valence electrons. The number of amides is 1. The maximum atomic E-state index is 12.8. The molecule has 1 heterocycles. The zero-order valence-electron chi connectivity index (χ0n) is 12.9. The van der Waals surface area contributed by atoms with Crippen LogP contribution in [0.25, 0.3) is 0 Å². The highest BCUT2D eigenvalue weighted by Gasteiger charge is 2.30. The minimum atomic E-state index is 0.194. The first-order chi connectivity index (χ1) is 10.1. The van der Waals surface area contributed by atoms with E-state index in [-0.39, 0.29) is 11.9 Å². The summed E-state index contributed by atoms with van der Waals surface area (Å²) in [5, 5.41) is 0. The fourth-order valence-corrected chi connectivity index (χ4v) is 3.24. The van der Waals surface area contributed by atoms with E-state index in [0.29, 0.717) is 6.42 Å². The number of anilines is 1. The fraction of sp³-hybridized carbons (Fsp3) is 0.316. The van der Waals surface area contributed by atoms with Gasteiger partial charge in [-0.2, -0.15) is 0 Å². The van der Waals surface area contributed by atoms with Gasteiger partial charge in [-0.15, -0.1) is 0 Å². The molecule has 0 saturated heterocycles. The van der Waals surface area contributed by atoms with Gasteiger partial charge in [0.05, 0.1) is 6.42 Å². The Labute approximate surface area is 126 Å². The molecule has 2 nitrogen and oxygen atoms in total. The Morgan fingerprint density at radius 3 is 2.71 bits per heavy atom. The summed E-state index contributed by atoms with van der Waals surface area (Å²) in [6.07, 6.45) is 1.43. The number of carbonyl (C=O) groups is 1. The first-order valence-corrected chi connectivity index (χ1v) is 7.52. The molecule has 0 spiro atoms. The lowest BCUT2D eigenvalue weighted by atomic mass is 10.0. The molecule has 0 unspecified atom stereocenters. The van der Waals surface area contributed by atoms with Gasteiger partial charge in [0.15, 0.2) is 0 Å². The number of fused-ring (bicyclic) bond motifs is 1.